The molecule has 0 radical (unpaired) electrons. The van der Waals surface area contributed by atoms with Crippen molar-refractivity contribution >= 4 is 5.91 Å². The van der Waals surface area contributed by atoms with E-state index in [1.807, 2.05) is 0 Å². The lowest BCUT2D eigenvalue weighted by molar-refractivity contribution is 0.0614. The molecule has 2 rings (SSSR count). The van der Waals surface area contributed by atoms with Crippen molar-refractivity contribution in [3.8, 4) is 0 Å². The second-order valence-electron chi connectivity index (χ2n) is 4.37. The molecule has 1 saturated heterocycles. The molecule has 1 aromatic carbocycles. The van der Waals surface area contributed by atoms with Gasteiger partial charge in [-0.15, -0.1) is 0 Å². The first-order valence-electron chi connectivity index (χ1n) is 6.09. The number of aliphatic hydroxyl groups is 1. The van der Waals surface area contributed by atoms with Crippen LogP contribution in [0.15, 0.2) is 24.3 Å². The number of carbonyl (C=O) groups is 1. The maximum absolute atomic E-state index is 13.1. The van der Waals surface area contributed by atoms with Crippen molar-refractivity contribution in [1.29, 1.82) is 0 Å². The molecular weight excluding hydrogens is 235 g/mol. The predicted molar refractivity (Wildman–Crippen MR) is 65.8 cm³/mol. The van der Waals surface area contributed by atoms with Crippen LogP contribution in [0.25, 0.3) is 0 Å². The zero-order valence-corrected chi connectivity index (χ0v) is 10.2. The number of benzene rings is 1. The number of aliphatic hydroxyl groups excluding tert-OH is 1. The molecule has 0 aliphatic carbocycles. The summed E-state index contributed by atoms with van der Waals surface area (Å²) in [5, 5.41) is 8.84. The third-order valence-corrected chi connectivity index (χ3v) is 3.15. The van der Waals surface area contributed by atoms with Crippen LogP contribution in [0.1, 0.15) is 10.4 Å². The van der Waals surface area contributed by atoms with Gasteiger partial charge in [0.15, 0.2) is 0 Å². The Kier molecular flexibility index (Phi) is 4.28. The van der Waals surface area contributed by atoms with Gasteiger partial charge in [-0.2, -0.15) is 0 Å². The van der Waals surface area contributed by atoms with E-state index in [0.717, 1.165) is 13.1 Å². The van der Waals surface area contributed by atoms with E-state index in [1.165, 1.54) is 12.1 Å². The number of amides is 1. The molecule has 0 aromatic heterocycles. The van der Waals surface area contributed by atoms with Crippen LogP contribution in [0.3, 0.4) is 0 Å². The SMILES string of the molecule is O=C(c1cccc(F)c1)N1CCN(CCO)CC1. The zero-order chi connectivity index (χ0) is 13.0. The third-order valence-electron chi connectivity index (χ3n) is 3.15. The topological polar surface area (TPSA) is 43.8 Å². The second-order valence-corrected chi connectivity index (χ2v) is 4.37. The van der Waals surface area contributed by atoms with E-state index in [1.54, 1.807) is 17.0 Å². The highest BCUT2D eigenvalue weighted by Crippen LogP contribution is 2.10. The number of hydrogen-bond acceptors (Lipinski definition) is 3. The van der Waals surface area contributed by atoms with Crippen LogP contribution in [0.2, 0.25) is 0 Å². The van der Waals surface area contributed by atoms with Crippen molar-refractivity contribution < 1.29 is 14.3 Å². The minimum Gasteiger partial charge on any atom is -0.395 e. The molecule has 1 aliphatic heterocycles. The maximum atomic E-state index is 13.1. The Bertz CT molecular complexity index is 417. The second kappa shape index (κ2) is 5.93. The van der Waals surface area contributed by atoms with Gasteiger partial charge in [-0.05, 0) is 18.2 Å². The Morgan fingerprint density at radius 3 is 2.61 bits per heavy atom. The third kappa shape index (κ3) is 3.05. The lowest BCUT2D eigenvalue weighted by Crippen LogP contribution is -2.49. The highest BCUT2D eigenvalue weighted by atomic mass is 19.1. The van der Waals surface area contributed by atoms with Gasteiger partial charge in [0.05, 0.1) is 6.61 Å². The Balaban J connectivity index is 1.95. The van der Waals surface area contributed by atoms with Crippen molar-refractivity contribution in [2.45, 2.75) is 0 Å². The van der Waals surface area contributed by atoms with Gasteiger partial charge in [0, 0.05) is 38.3 Å². The normalized spacial score (nSPS) is 16.9. The largest absolute Gasteiger partial charge is 0.395 e. The fraction of sp³-hybridized carbons (Fsp3) is 0.462. The molecule has 1 N–H and O–H groups in total. The molecule has 1 amide bonds. The van der Waals surface area contributed by atoms with Gasteiger partial charge in [0.2, 0.25) is 0 Å². The highest BCUT2D eigenvalue weighted by Gasteiger charge is 2.21. The average Bonchev–Trinajstić information content (AvgIpc) is 2.39. The molecule has 0 bridgehead atoms. The van der Waals surface area contributed by atoms with E-state index in [0.29, 0.717) is 25.2 Å². The number of rotatable bonds is 3. The van der Waals surface area contributed by atoms with Crippen LogP contribution >= 0.6 is 0 Å². The minimum absolute atomic E-state index is 0.127. The first-order valence-corrected chi connectivity index (χ1v) is 6.09. The molecule has 0 spiro atoms. The van der Waals surface area contributed by atoms with Crippen molar-refractivity contribution in [2.24, 2.45) is 0 Å². The molecule has 0 atom stereocenters. The molecule has 1 heterocycles. The number of hydrogen-bond donors (Lipinski definition) is 1. The molecule has 5 heteroatoms. The molecule has 4 nitrogen and oxygen atoms in total. The Labute approximate surface area is 106 Å². The maximum Gasteiger partial charge on any atom is 0.254 e. The van der Waals surface area contributed by atoms with Gasteiger partial charge in [-0.1, -0.05) is 6.07 Å². The van der Waals surface area contributed by atoms with E-state index < -0.39 is 0 Å². The van der Waals surface area contributed by atoms with Crippen molar-refractivity contribution in [1.82, 2.24) is 9.80 Å². The summed E-state index contributed by atoms with van der Waals surface area (Å²) in [6, 6.07) is 5.77. The van der Waals surface area contributed by atoms with Gasteiger partial charge in [0.1, 0.15) is 5.82 Å². The molecule has 1 fully saturated rings. The lowest BCUT2D eigenvalue weighted by Gasteiger charge is -2.34. The molecule has 0 saturated carbocycles. The minimum atomic E-state index is -0.389. The van der Waals surface area contributed by atoms with Gasteiger partial charge < -0.3 is 10.0 Å². The monoisotopic (exact) mass is 252 g/mol. The summed E-state index contributed by atoms with van der Waals surface area (Å²) in [5.41, 5.74) is 0.394. The summed E-state index contributed by atoms with van der Waals surface area (Å²) in [7, 11) is 0. The van der Waals surface area contributed by atoms with Gasteiger partial charge >= 0.3 is 0 Å². The fourth-order valence-electron chi connectivity index (χ4n) is 2.12. The van der Waals surface area contributed by atoms with Gasteiger partial charge in [-0.25, -0.2) is 4.39 Å². The van der Waals surface area contributed by atoms with Crippen LogP contribution in [0.5, 0.6) is 0 Å². The summed E-state index contributed by atoms with van der Waals surface area (Å²) in [4.78, 5) is 15.9. The number of halogens is 1. The predicted octanol–water partition coefficient (Wildman–Crippen LogP) is 0.576. The summed E-state index contributed by atoms with van der Waals surface area (Å²) in [5.74, 6) is -0.516. The zero-order valence-electron chi connectivity index (χ0n) is 10.2. The van der Waals surface area contributed by atoms with Crippen LogP contribution in [-0.4, -0.2) is 60.1 Å². The molecule has 0 unspecified atom stereocenters. The van der Waals surface area contributed by atoms with Crippen molar-refractivity contribution in [2.75, 3.05) is 39.3 Å². The molecular formula is C13H17FN2O2. The van der Waals surface area contributed by atoms with Crippen LogP contribution in [-0.2, 0) is 0 Å². The first kappa shape index (κ1) is 13.0. The standard InChI is InChI=1S/C13H17FN2O2/c14-12-3-1-2-11(10-12)13(18)16-6-4-15(5-7-16)8-9-17/h1-3,10,17H,4-9H2. The summed E-state index contributed by atoms with van der Waals surface area (Å²) >= 11 is 0. The Hall–Kier alpha value is -1.46. The fourth-order valence-corrected chi connectivity index (χ4v) is 2.12. The Morgan fingerprint density at radius 1 is 1.28 bits per heavy atom. The van der Waals surface area contributed by atoms with Crippen molar-refractivity contribution in [3.63, 3.8) is 0 Å². The van der Waals surface area contributed by atoms with Crippen LogP contribution in [0.4, 0.5) is 4.39 Å². The van der Waals surface area contributed by atoms with Crippen molar-refractivity contribution in [3.05, 3.63) is 35.6 Å². The molecule has 98 valence electrons. The van der Waals surface area contributed by atoms with E-state index >= 15 is 0 Å². The lowest BCUT2D eigenvalue weighted by atomic mass is 10.2. The molecule has 1 aromatic rings. The van der Waals surface area contributed by atoms with Crippen LogP contribution < -0.4 is 0 Å². The summed E-state index contributed by atoms with van der Waals surface area (Å²) in [6.45, 7) is 3.52. The Morgan fingerprint density at radius 2 is 2.00 bits per heavy atom. The number of β-amino-alcohol motifs (C(OH)–C–C–N with tert-alkyl or cyclic N) is 1. The average molecular weight is 252 g/mol. The number of piperazine rings is 1. The van der Waals surface area contributed by atoms with Gasteiger partial charge in [0.25, 0.3) is 5.91 Å². The quantitative estimate of drug-likeness (QED) is 0.855. The molecule has 1 aliphatic rings. The molecule has 18 heavy (non-hydrogen) atoms. The number of nitrogens with zero attached hydrogens (tertiary/aromatic N) is 2. The highest BCUT2D eigenvalue weighted by molar-refractivity contribution is 5.94. The number of carbonyl (C=O) groups excluding carboxylic acids is 1. The smallest absolute Gasteiger partial charge is 0.254 e. The van der Waals surface area contributed by atoms with E-state index in [-0.39, 0.29) is 18.3 Å². The van der Waals surface area contributed by atoms with E-state index in [2.05, 4.69) is 4.90 Å². The van der Waals surface area contributed by atoms with Crippen LogP contribution in [0, 0.1) is 5.82 Å². The van der Waals surface area contributed by atoms with E-state index in [9.17, 15) is 9.18 Å². The summed E-state index contributed by atoms with van der Waals surface area (Å²) < 4.78 is 13.1. The van der Waals surface area contributed by atoms with Gasteiger partial charge in [-0.3, -0.25) is 9.69 Å². The first-order chi connectivity index (χ1) is 8.70. The van der Waals surface area contributed by atoms with E-state index in [4.69, 9.17) is 5.11 Å². The summed E-state index contributed by atoms with van der Waals surface area (Å²) in [6.07, 6.45) is 0.